The lowest BCUT2D eigenvalue weighted by atomic mass is 10.3. The minimum absolute atomic E-state index is 0.355. The van der Waals surface area contributed by atoms with E-state index in [0.29, 0.717) is 6.61 Å². The first kappa shape index (κ1) is 11.0. The summed E-state index contributed by atoms with van der Waals surface area (Å²) >= 11 is 0. The zero-order valence-corrected chi connectivity index (χ0v) is 7.97. The molecule has 0 unspecified atom stereocenters. The van der Waals surface area contributed by atoms with Crippen molar-refractivity contribution in [2.45, 2.75) is 52.4 Å². The summed E-state index contributed by atoms with van der Waals surface area (Å²) in [4.78, 5) is 0. The fraction of sp³-hybridized carbons (Fsp3) is 1.00. The highest BCUT2D eigenvalue weighted by Crippen LogP contribution is 2.31. The summed E-state index contributed by atoms with van der Waals surface area (Å²) in [5, 5.41) is 8.20. The molecule has 0 saturated heterocycles. The molecule has 0 spiro atoms. The van der Waals surface area contributed by atoms with Crippen LogP contribution in [0.25, 0.3) is 0 Å². The number of hydrogen-bond acceptors (Lipinski definition) is 1. The van der Waals surface area contributed by atoms with Crippen LogP contribution in [0.2, 0.25) is 0 Å². The molecule has 68 valence electrons. The Morgan fingerprint density at radius 3 is 1.91 bits per heavy atom. The van der Waals surface area contributed by atoms with Gasteiger partial charge in [-0.15, -0.1) is 0 Å². The van der Waals surface area contributed by atoms with Gasteiger partial charge in [0.1, 0.15) is 0 Å². The number of hydrogen-bond donors (Lipinski definition) is 1. The number of rotatable bonds is 4. The zero-order valence-electron chi connectivity index (χ0n) is 7.97. The van der Waals surface area contributed by atoms with Gasteiger partial charge in [-0.05, 0) is 12.3 Å². The van der Waals surface area contributed by atoms with E-state index in [1.807, 2.05) is 0 Å². The number of unbranched alkanes of at least 4 members (excludes halogenated alkanes) is 2. The summed E-state index contributed by atoms with van der Waals surface area (Å²) in [5.41, 5.74) is 0. The Hall–Kier alpha value is -0.0400. The third-order valence-corrected chi connectivity index (χ3v) is 2.04. The van der Waals surface area contributed by atoms with E-state index in [-0.39, 0.29) is 0 Å². The van der Waals surface area contributed by atoms with Gasteiger partial charge in [0.2, 0.25) is 0 Å². The van der Waals surface area contributed by atoms with E-state index in [4.69, 9.17) is 5.11 Å². The molecule has 0 aromatic heterocycles. The predicted octanol–water partition coefficient (Wildman–Crippen LogP) is 2.98. The Labute approximate surface area is 70.8 Å². The van der Waals surface area contributed by atoms with Gasteiger partial charge in [-0.25, -0.2) is 0 Å². The normalized spacial score (nSPS) is 15.5. The average Bonchev–Trinajstić information content (AvgIpc) is 2.84. The molecule has 0 atom stereocenters. The number of aliphatic hydroxyl groups excluding tert-OH is 1. The van der Waals surface area contributed by atoms with Crippen LogP contribution in [0, 0.1) is 5.92 Å². The average molecular weight is 158 g/mol. The molecule has 1 N–H and O–H groups in total. The number of aliphatic hydroxyl groups is 1. The second kappa shape index (κ2) is 8.06. The third-order valence-electron chi connectivity index (χ3n) is 2.04. The Morgan fingerprint density at radius 1 is 1.18 bits per heavy atom. The lowest BCUT2D eigenvalue weighted by Crippen LogP contribution is -1.78. The van der Waals surface area contributed by atoms with Crippen molar-refractivity contribution in [1.29, 1.82) is 0 Å². The van der Waals surface area contributed by atoms with Crippen molar-refractivity contribution in [1.82, 2.24) is 0 Å². The summed E-state index contributed by atoms with van der Waals surface area (Å²) in [7, 11) is 0. The molecule has 1 nitrogen and oxygen atoms in total. The summed E-state index contributed by atoms with van der Waals surface area (Å²) in [6.45, 7) is 4.74. The molecule has 11 heavy (non-hydrogen) atoms. The van der Waals surface area contributed by atoms with Crippen molar-refractivity contribution in [3.8, 4) is 0 Å². The Kier molecular flexibility index (Phi) is 8.03. The molecule has 0 amide bonds. The molecule has 1 aliphatic carbocycles. The molecule has 0 aromatic rings. The van der Waals surface area contributed by atoms with Crippen molar-refractivity contribution in [3.05, 3.63) is 0 Å². The first-order valence-electron chi connectivity index (χ1n) is 4.96. The monoisotopic (exact) mass is 158 g/mol. The maximum atomic E-state index is 8.20. The van der Waals surface area contributed by atoms with Crippen LogP contribution in [0.3, 0.4) is 0 Å². The van der Waals surface area contributed by atoms with Gasteiger partial charge in [0.05, 0.1) is 0 Å². The molecule has 0 aliphatic heterocycles. The van der Waals surface area contributed by atoms with Gasteiger partial charge in [0, 0.05) is 6.61 Å². The molecule has 0 radical (unpaired) electrons. The second-order valence-electron chi connectivity index (χ2n) is 3.28. The Balaban J connectivity index is 0.000000183. The fourth-order valence-corrected chi connectivity index (χ4v) is 0.888. The van der Waals surface area contributed by atoms with E-state index in [2.05, 4.69) is 13.8 Å². The Morgan fingerprint density at radius 2 is 1.82 bits per heavy atom. The van der Waals surface area contributed by atoms with Crippen LogP contribution in [0.4, 0.5) is 0 Å². The second-order valence-corrected chi connectivity index (χ2v) is 3.28. The predicted molar refractivity (Wildman–Crippen MR) is 49.6 cm³/mol. The first-order chi connectivity index (χ1) is 5.35. The largest absolute Gasteiger partial charge is 0.396 e. The van der Waals surface area contributed by atoms with Gasteiger partial charge in [-0.3, -0.25) is 0 Å². The highest BCUT2D eigenvalue weighted by molar-refractivity contribution is 4.69. The van der Waals surface area contributed by atoms with Crippen LogP contribution in [0.5, 0.6) is 0 Å². The highest BCUT2D eigenvalue weighted by atomic mass is 16.2. The molecule has 0 heterocycles. The van der Waals surface area contributed by atoms with Crippen LogP contribution < -0.4 is 0 Å². The highest BCUT2D eigenvalue weighted by Gasteiger charge is 2.17. The smallest absolute Gasteiger partial charge is 0.0431 e. The SMILES string of the molecule is CCC1CC1.CCCCCO. The minimum Gasteiger partial charge on any atom is -0.396 e. The van der Waals surface area contributed by atoms with Gasteiger partial charge in [0.15, 0.2) is 0 Å². The molecule has 1 saturated carbocycles. The maximum Gasteiger partial charge on any atom is 0.0431 e. The Bertz CT molecular complexity index is 63.3. The van der Waals surface area contributed by atoms with Gasteiger partial charge < -0.3 is 5.11 Å². The van der Waals surface area contributed by atoms with Gasteiger partial charge in [0.25, 0.3) is 0 Å². The zero-order chi connectivity index (χ0) is 8.53. The molecule has 0 bridgehead atoms. The van der Waals surface area contributed by atoms with Crippen LogP contribution in [-0.4, -0.2) is 11.7 Å². The van der Waals surface area contributed by atoms with Crippen LogP contribution >= 0.6 is 0 Å². The van der Waals surface area contributed by atoms with Crippen LogP contribution in [0.1, 0.15) is 52.4 Å². The van der Waals surface area contributed by atoms with Crippen molar-refractivity contribution in [3.63, 3.8) is 0 Å². The van der Waals surface area contributed by atoms with E-state index in [9.17, 15) is 0 Å². The summed E-state index contributed by atoms with van der Waals surface area (Å²) in [6, 6.07) is 0. The third kappa shape index (κ3) is 9.96. The van der Waals surface area contributed by atoms with Crippen LogP contribution in [-0.2, 0) is 0 Å². The van der Waals surface area contributed by atoms with Crippen LogP contribution in [0.15, 0.2) is 0 Å². The van der Waals surface area contributed by atoms with Crippen molar-refractivity contribution in [2.75, 3.05) is 6.61 Å². The van der Waals surface area contributed by atoms with Crippen molar-refractivity contribution < 1.29 is 5.11 Å². The molecular weight excluding hydrogens is 136 g/mol. The summed E-state index contributed by atoms with van der Waals surface area (Å²) < 4.78 is 0. The molecule has 1 rings (SSSR count). The van der Waals surface area contributed by atoms with Gasteiger partial charge in [-0.2, -0.15) is 0 Å². The molecule has 0 aromatic carbocycles. The van der Waals surface area contributed by atoms with Gasteiger partial charge in [-0.1, -0.05) is 46.0 Å². The van der Waals surface area contributed by atoms with Crippen molar-refractivity contribution >= 4 is 0 Å². The van der Waals surface area contributed by atoms with E-state index in [0.717, 1.165) is 18.8 Å². The van der Waals surface area contributed by atoms with E-state index in [1.54, 1.807) is 0 Å². The summed E-state index contributed by atoms with van der Waals surface area (Å²) in [5.74, 6) is 1.13. The standard InChI is InChI=1S/C5H12O.C5H10/c1-2-3-4-5-6;1-2-5-3-4-5/h6H,2-5H2,1H3;5H,2-4H2,1H3. The fourth-order valence-electron chi connectivity index (χ4n) is 0.888. The minimum atomic E-state index is 0.355. The lowest BCUT2D eigenvalue weighted by Gasteiger charge is -1.85. The molecule has 1 fully saturated rings. The molecule has 1 aliphatic rings. The van der Waals surface area contributed by atoms with E-state index >= 15 is 0 Å². The quantitative estimate of drug-likeness (QED) is 0.624. The maximum absolute atomic E-state index is 8.20. The van der Waals surface area contributed by atoms with E-state index in [1.165, 1.54) is 25.7 Å². The van der Waals surface area contributed by atoms with Crippen molar-refractivity contribution in [2.24, 2.45) is 5.92 Å². The first-order valence-corrected chi connectivity index (χ1v) is 4.96. The molecular formula is C10H22O. The lowest BCUT2D eigenvalue weighted by molar-refractivity contribution is 0.284. The topological polar surface area (TPSA) is 20.2 Å². The van der Waals surface area contributed by atoms with E-state index < -0.39 is 0 Å². The van der Waals surface area contributed by atoms with Gasteiger partial charge >= 0.3 is 0 Å². The summed E-state index contributed by atoms with van der Waals surface area (Å²) in [6.07, 6.45) is 7.76. The molecule has 1 heteroatoms.